The molecule has 0 aliphatic carbocycles. The van der Waals surface area contributed by atoms with Crippen molar-refractivity contribution in [3.8, 4) is 0 Å². The highest BCUT2D eigenvalue weighted by atomic mass is 35.5. The number of halogens is 1. The van der Waals surface area contributed by atoms with Gasteiger partial charge in [0, 0.05) is 38.4 Å². The summed E-state index contributed by atoms with van der Waals surface area (Å²) >= 11 is 5.95. The van der Waals surface area contributed by atoms with Gasteiger partial charge >= 0.3 is 0 Å². The minimum absolute atomic E-state index is 0.411. The second-order valence-electron chi connectivity index (χ2n) is 3.39. The molecule has 5 heteroatoms. The number of aromatic nitrogens is 3. The molecule has 0 amide bonds. The van der Waals surface area contributed by atoms with Crippen molar-refractivity contribution < 1.29 is 0 Å². The number of rotatable bonds is 3. The summed E-state index contributed by atoms with van der Waals surface area (Å²) in [5, 5.41) is 0.411. The van der Waals surface area contributed by atoms with Crippen molar-refractivity contribution in [3.05, 3.63) is 47.6 Å². The van der Waals surface area contributed by atoms with Crippen LogP contribution < -0.4 is 4.90 Å². The van der Waals surface area contributed by atoms with Gasteiger partial charge in [0.2, 0.25) is 0 Å². The highest BCUT2D eigenvalue weighted by molar-refractivity contribution is 6.31. The highest BCUT2D eigenvalue weighted by Gasteiger charge is 2.08. The molecular weight excluding hydrogens is 224 g/mol. The Hall–Kier alpha value is -1.68. The van der Waals surface area contributed by atoms with E-state index < -0.39 is 0 Å². The fourth-order valence-corrected chi connectivity index (χ4v) is 1.66. The summed E-state index contributed by atoms with van der Waals surface area (Å²) in [6.07, 6.45) is 6.77. The molecule has 82 valence electrons. The first-order valence-corrected chi connectivity index (χ1v) is 5.21. The topological polar surface area (TPSA) is 41.9 Å². The quantitative estimate of drug-likeness (QED) is 0.816. The molecule has 0 bridgehead atoms. The monoisotopic (exact) mass is 234 g/mol. The van der Waals surface area contributed by atoms with Crippen LogP contribution in [0.25, 0.3) is 0 Å². The predicted octanol–water partition coefficient (Wildman–Crippen LogP) is 2.16. The van der Waals surface area contributed by atoms with E-state index in [0.29, 0.717) is 17.5 Å². The molecular formula is C11H11ClN4. The Morgan fingerprint density at radius 3 is 2.75 bits per heavy atom. The lowest BCUT2D eigenvalue weighted by Gasteiger charge is -2.18. The van der Waals surface area contributed by atoms with E-state index in [0.717, 1.165) is 5.56 Å². The molecule has 0 spiro atoms. The van der Waals surface area contributed by atoms with Crippen LogP contribution in [0.2, 0.25) is 5.15 Å². The van der Waals surface area contributed by atoms with Crippen LogP contribution in [0.15, 0.2) is 36.9 Å². The Morgan fingerprint density at radius 2 is 2.06 bits per heavy atom. The number of hydrogen-bond donors (Lipinski definition) is 0. The molecule has 2 aromatic rings. The lowest BCUT2D eigenvalue weighted by Crippen LogP contribution is -2.18. The third-order valence-corrected chi connectivity index (χ3v) is 2.41. The van der Waals surface area contributed by atoms with Gasteiger partial charge < -0.3 is 4.90 Å². The zero-order chi connectivity index (χ0) is 11.4. The third kappa shape index (κ3) is 2.46. The zero-order valence-electron chi connectivity index (χ0n) is 8.84. The molecule has 2 heterocycles. The van der Waals surface area contributed by atoms with Crippen LogP contribution in [0.5, 0.6) is 0 Å². The van der Waals surface area contributed by atoms with Gasteiger partial charge in [-0.25, -0.2) is 9.97 Å². The molecule has 16 heavy (non-hydrogen) atoms. The fraction of sp³-hybridized carbons (Fsp3) is 0.182. The second kappa shape index (κ2) is 4.90. The number of hydrogen-bond acceptors (Lipinski definition) is 4. The molecule has 4 nitrogen and oxygen atoms in total. The maximum Gasteiger partial charge on any atom is 0.171 e. The Labute approximate surface area is 98.9 Å². The Kier molecular flexibility index (Phi) is 3.31. The smallest absolute Gasteiger partial charge is 0.171 e. The normalized spacial score (nSPS) is 10.1. The summed E-state index contributed by atoms with van der Waals surface area (Å²) in [6.45, 7) is 0.701. The maximum absolute atomic E-state index is 5.95. The molecule has 0 aromatic carbocycles. The van der Waals surface area contributed by atoms with E-state index in [1.165, 1.54) is 0 Å². The first-order valence-electron chi connectivity index (χ1n) is 4.84. The Bertz CT molecular complexity index is 461. The van der Waals surface area contributed by atoms with E-state index >= 15 is 0 Å². The van der Waals surface area contributed by atoms with Gasteiger partial charge in [-0.2, -0.15) is 0 Å². The van der Waals surface area contributed by atoms with Crippen LogP contribution in [0.3, 0.4) is 0 Å². The van der Waals surface area contributed by atoms with E-state index in [1.54, 1.807) is 18.6 Å². The van der Waals surface area contributed by atoms with E-state index in [9.17, 15) is 0 Å². The van der Waals surface area contributed by atoms with Crippen LogP contribution in [0.4, 0.5) is 5.82 Å². The van der Waals surface area contributed by atoms with Crippen LogP contribution in [0.1, 0.15) is 5.56 Å². The number of pyridine rings is 1. The van der Waals surface area contributed by atoms with E-state index in [-0.39, 0.29) is 0 Å². The molecule has 0 fully saturated rings. The van der Waals surface area contributed by atoms with Gasteiger partial charge in [0.25, 0.3) is 0 Å². The summed E-state index contributed by atoms with van der Waals surface area (Å²) in [7, 11) is 1.92. The largest absolute Gasteiger partial charge is 0.353 e. The first-order chi connectivity index (χ1) is 7.77. The molecule has 0 saturated carbocycles. The summed E-state index contributed by atoms with van der Waals surface area (Å²) < 4.78 is 0. The van der Waals surface area contributed by atoms with Gasteiger partial charge in [0.15, 0.2) is 11.0 Å². The second-order valence-corrected chi connectivity index (χ2v) is 3.75. The molecule has 0 aliphatic heterocycles. The number of anilines is 1. The van der Waals surface area contributed by atoms with Gasteiger partial charge in [-0.3, -0.25) is 4.98 Å². The molecule has 2 rings (SSSR count). The van der Waals surface area contributed by atoms with E-state index in [1.807, 2.05) is 30.3 Å². The lowest BCUT2D eigenvalue weighted by molar-refractivity contribution is 0.884. The SMILES string of the molecule is CN(Cc1cccnc1)c1nccnc1Cl. The van der Waals surface area contributed by atoms with Crippen molar-refractivity contribution in [3.63, 3.8) is 0 Å². The maximum atomic E-state index is 5.95. The minimum atomic E-state index is 0.411. The van der Waals surface area contributed by atoms with Crippen molar-refractivity contribution in [2.75, 3.05) is 11.9 Å². The van der Waals surface area contributed by atoms with Crippen molar-refractivity contribution in [2.24, 2.45) is 0 Å². The van der Waals surface area contributed by atoms with Crippen LogP contribution in [-0.4, -0.2) is 22.0 Å². The van der Waals surface area contributed by atoms with Crippen molar-refractivity contribution >= 4 is 17.4 Å². The average molecular weight is 235 g/mol. The van der Waals surface area contributed by atoms with Gasteiger partial charge in [-0.1, -0.05) is 17.7 Å². The first kappa shape index (κ1) is 10.8. The molecule has 0 N–H and O–H groups in total. The predicted molar refractivity (Wildman–Crippen MR) is 63.4 cm³/mol. The molecule has 0 saturated heterocycles. The highest BCUT2D eigenvalue weighted by Crippen LogP contribution is 2.19. The van der Waals surface area contributed by atoms with Gasteiger partial charge in [-0.15, -0.1) is 0 Å². The summed E-state index contributed by atoms with van der Waals surface area (Å²) in [5.41, 5.74) is 1.10. The van der Waals surface area contributed by atoms with Crippen LogP contribution >= 0.6 is 11.6 Å². The minimum Gasteiger partial charge on any atom is -0.353 e. The fourth-order valence-electron chi connectivity index (χ4n) is 1.41. The lowest BCUT2D eigenvalue weighted by atomic mass is 10.3. The van der Waals surface area contributed by atoms with Crippen molar-refractivity contribution in [1.29, 1.82) is 0 Å². The van der Waals surface area contributed by atoms with Crippen LogP contribution in [-0.2, 0) is 6.54 Å². The molecule has 0 radical (unpaired) electrons. The van der Waals surface area contributed by atoms with E-state index in [2.05, 4.69) is 15.0 Å². The van der Waals surface area contributed by atoms with Crippen molar-refractivity contribution in [1.82, 2.24) is 15.0 Å². The Balaban J connectivity index is 2.15. The molecule has 0 atom stereocenters. The summed E-state index contributed by atoms with van der Waals surface area (Å²) in [4.78, 5) is 14.2. The van der Waals surface area contributed by atoms with Gasteiger partial charge in [-0.05, 0) is 11.6 Å². The molecule has 0 aliphatic rings. The molecule has 2 aromatic heterocycles. The average Bonchev–Trinajstić information content (AvgIpc) is 2.31. The summed E-state index contributed by atoms with van der Waals surface area (Å²) in [5.74, 6) is 0.674. The standard InChI is InChI=1S/C11H11ClN4/c1-16(8-9-3-2-4-13-7-9)11-10(12)14-5-6-15-11/h2-7H,8H2,1H3. The van der Waals surface area contributed by atoms with Gasteiger partial charge in [0.05, 0.1) is 0 Å². The third-order valence-electron chi connectivity index (χ3n) is 2.14. The van der Waals surface area contributed by atoms with E-state index in [4.69, 9.17) is 11.6 Å². The zero-order valence-corrected chi connectivity index (χ0v) is 9.59. The van der Waals surface area contributed by atoms with Crippen molar-refractivity contribution in [2.45, 2.75) is 6.54 Å². The van der Waals surface area contributed by atoms with Gasteiger partial charge in [0.1, 0.15) is 0 Å². The van der Waals surface area contributed by atoms with Crippen LogP contribution in [0, 0.1) is 0 Å². The molecule has 0 unspecified atom stereocenters. The number of nitrogens with zero attached hydrogens (tertiary/aromatic N) is 4. The summed E-state index contributed by atoms with van der Waals surface area (Å²) in [6, 6.07) is 3.91. The Morgan fingerprint density at radius 1 is 1.25 bits per heavy atom.